The van der Waals surface area contributed by atoms with E-state index in [2.05, 4.69) is 15.6 Å². The van der Waals surface area contributed by atoms with Gasteiger partial charge in [-0.15, -0.1) is 0 Å². The maximum absolute atomic E-state index is 12.2. The minimum Gasteiger partial charge on any atom is -0.476 e. The summed E-state index contributed by atoms with van der Waals surface area (Å²) in [6.45, 7) is 2.33. The maximum Gasteiger partial charge on any atom is 0.237 e. The number of hydrogen-bond donors (Lipinski definition) is 2. The summed E-state index contributed by atoms with van der Waals surface area (Å²) in [5, 5.41) is 5.72. The minimum absolute atomic E-state index is 0.0251. The lowest BCUT2D eigenvalue weighted by atomic mass is 9.89. The molecule has 25 heavy (non-hydrogen) atoms. The predicted octanol–water partition coefficient (Wildman–Crippen LogP) is 3.01. The van der Waals surface area contributed by atoms with Gasteiger partial charge in [-0.2, -0.15) is 0 Å². The summed E-state index contributed by atoms with van der Waals surface area (Å²) >= 11 is 0. The molecular formula is C19H21N3O3. The van der Waals surface area contributed by atoms with E-state index >= 15 is 0 Å². The van der Waals surface area contributed by atoms with E-state index in [1.807, 2.05) is 31.2 Å². The monoisotopic (exact) mass is 339 g/mol. The highest BCUT2D eigenvalue weighted by Crippen LogP contribution is 2.28. The number of hydrogen-bond acceptors (Lipinski definition) is 4. The number of pyridine rings is 1. The van der Waals surface area contributed by atoms with Crippen LogP contribution in [0, 0.1) is 5.92 Å². The van der Waals surface area contributed by atoms with E-state index in [-0.39, 0.29) is 24.2 Å². The second kappa shape index (κ2) is 7.79. The van der Waals surface area contributed by atoms with Crippen LogP contribution in [0.4, 0.5) is 11.4 Å². The molecule has 0 radical (unpaired) electrons. The first-order valence-electron chi connectivity index (χ1n) is 8.43. The molecule has 0 aliphatic carbocycles. The maximum atomic E-state index is 12.2. The number of anilines is 2. The number of para-hydroxylation sites is 1. The van der Waals surface area contributed by atoms with Gasteiger partial charge in [-0.05, 0) is 43.5 Å². The molecule has 0 bridgehead atoms. The van der Waals surface area contributed by atoms with Gasteiger partial charge in [-0.1, -0.05) is 18.2 Å². The Kier molecular flexibility index (Phi) is 5.28. The van der Waals surface area contributed by atoms with Crippen molar-refractivity contribution < 1.29 is 14.3 Å². The van der Waals surface area contributed by atoms with Gasteiger partial charge in [0.1, 0.15) is 5.69 Å². The molecule has 6 nitrogen and oxygen atoms in total. The van der Waals surface area contributed by atoms with Crippen LogP contribution in [0.3, 0.4) is 0 Å². The Morgan fingerprint density at radius 1 is 1.32 bits per heavy atom. The molecule has 6 heteroatoms. The third-order valence-electron chi connectivity index (χ3n) is 4.16. The van der Waals surface area contributed by atoms with E-state index in [9.17, 15) is 9.59 Å². The molecule has 0 unspecified atom stereocenters. The van der Waals surface area contributed by atoms with Crippen molar-refractivity contribution in [2.24, 2.45) is 5.92 Å². The molecule has 1 atom stereocenters. The number of amides is 2. The number of ether oxygens (including phenoxy) is 1. The van der Waals surface area contributed by atoms with Gasteiger partial charge in [-0.3, -0.25) is 9.59 Å². The molecule has 1 aromatic heterocycles. The van der Waals surface area contributed by atoms with Crippen LogP contribution in [-0.4, -0.2) is 23.4 Å². The molecule has 2 N–H and O–H groups in total. The van der Waals surface area contributed by atoms with Gasteiger partial charge in [0.25, 0.3) is 0 Å². The van der Waals surface area contributed by atoms with Crippen molar-refractivity contribution in [1.29, 1.82) is 0 Å². The van der Waals surface area contributed by atoms with Crippen LogP contribution in [0.1, 0.15) is 25.3 Å². The Balaban J connectivity index is 1.57. The Hall–Kier alpha value is -2.89. The van der Waals surface area contributed by atoms with Crippen molar-refractivity contribution in [3.05, 3.63) is 48.2 Å². The lowest BCUT2D eigenvalue weighted by Crippen LogP contribution is -2.30. The number of carbonyl (C=O) groups is 2. The van der Waals surface area contributed by atoms with Crippen LogP contribution >= 0.6 is 0 Å². The summed E-state index contributed by atoms with van der Waals surface area (Å²) in [5.41, 5.74) is 2.52. The van der Waals surface area contributed by atoms with Crippen molar-refractivity contribution in [1.82, 2.24) is 4.98 Å². The zero-order valence-electron chi connectivity index (χ0n) is 14.1. The SMILES string of the molecule is CCOc1ncccc1NC(=O)CC[C@@H]1Cc2ccccc2NC1=O. The van der Waals surface area contributed by atoms with Crippen molar-refractivity contribution in [2.45, 2.75) is 26.2 Å². The molecule has 1 aromatic carbocycles. The fraction of sp³-hybridized carbons (Fsp3) is 0.316. The van der Waals surface area contributed by atoms with E-state index < -0.39 is 0 Å². The molecule has 1 aliphatic heterocycles. The lowest BCUT2D eigenvalue weighted by Gasteiger charge is -2.24. The van der Waals surface area contributed by atoms with Crippen molar-refractivity contribution >= 4 is 23.2 Å². The van der Waals surface area contributed by atoms with Gasteiger partial charge < -0.3 is 15.4 Å². The lowest BCUT2D eigenvalue weighted by molar-refractivity contribution is -0.121. The van der Waals surface area contributed by atoms with Gasteiger partial charge in [0.2, 0.25) is 17.7 Å². The third-order valence-corrected chi connectivity index (χ3v) is 4.16. The number of nitrogens with one attached hydrogen (secondary N) is 2. The Morgan fingerprint density at radius 3 is 3.00 bits per heavy atom. The first kappa shape index (κ1) is 17.0. The number of aromatic nitrogens is 1. The van der Waals surface area contributed by atoms with Crippen LogP contribution < -0.4 is 15.4 Å². The second-order valence-corrected chi connectivity index (χ2v) is 5.92. The molecule has 0 fully saturated rings. The van der Waals surface area contributed by atoms with Crippen LogP contribution in [0.5, 0.6) is 5.88 Å². The van der Waals surface area contributed by atoms with Crippen LogP contribution in [0.25, 0.3) is 0 Å². The number of benzene rings is 1. The highest BCUT2D eigenvalue weighted by atomic mass is 16.5. The molecule has 2 heterocycles. The van der Waals surface area contributed by atoms with E-state index in [1.54, 1.807) is 18.3 Å². The largest absolute Gasteiger partial charge is 0.476 e. The average Bonchev–Trinajstić information content (AvgIpc) is 2.62. The van der Waals surface area contributed by atoms with Crippen LogP contribution in [0.15, 0.2) is 42.6 Å². The smallest absolute Gasteiger partial charge is 0.237 e. The third kappa shape index (κ3) is 4.15. The van der Waals surface area contributed by atoms with Gasteiger partial charge >= 0.3 is 0 Å². The molecule has 0 spiro atoms. The second-order valence-electron chi connectivity index (χ2n) is 5.92. The molecule has 2 aromatic rings. The van der Waals surface area contributed by atoms with Crippen LogP contribution in [-0.2, 0) is 16.0 Å². The standard InChI is InChI=1S/C19H21N3O3/c1-2-25-19-16(8-5-11-20-19)21-17(23)10-9-14-12-13-6-3-4-7-15(13)22-18(14)24/h3-8,11,14H,2,9-10,12H2,1H3,(H,21,23)(H,22,24)/t14-/m1/s1. The van der Waals surface area contributed by atoms with Gasteiger partial charge in [0.05, 0.1) is 6.61 Å². The normalized spacial score (nSPS) is 15.9. The molecule has 2 amide bonds. The van der Waals surface area contributed by atoms with Crippen molar-refractivity contribution in [3.63, 3.8) is 0 Å². The van der Waals surface area contributed by atoms with Gasteiger partial charge in [0, 0.05) is 24.2 Å². The Morgan fingerprint density at radius 2 is 2.16 bits per heavy atom. The summed E-state index contributed by atoms with van der Waals surface area (Å²) in [6, 6.07) is 11.2. The quantitative estimate of drug-likeness (QED) is 0.848. The zero-order valence-corrected chi connectivity index (χ0v) is 14.1. The number of rotatable bonds is 6. The Bertz CT molecular complexity index is 776. The van der Waals surface area contributed by atoms with Gasteiger partial charge in [0.15, 0.2) is 0 Å². The molecule has 3 rings (SSSR count). The fourth-order valence-corrected chi connectivity index (χ4v) is 2.90. The first-order chi connectivity index (χ1) is 12.2. The number of nitrogens with zero attached hydrogens (tertiary/aromatic N) is 1. The Labute approximate surface area is 146 Å². The molecule has 130 valence electrons. The van der Waals surface area contributed by atoms with Gasteiger partial charge in [-0.25, -0.2) is 4.98 Å². The minimum atomic E-state index is -0.194. The summed E-state index contributed by atoms with van der Waals surface area (Å²) in [5.74, 6) is 0.0343. The zero-order chi connectivity index (χ0) is 17.6. The molecule has 0 saturated carbocycles. The number of fused-ring (bicyclic) bond motifs is 1. The predicted molar refractivity (Wildman–Crippen MR) is 95.5 cm³/mol. The molecule has 0 saturated heterocycles. The highest BCUT2D eigenvalue weighted by Gasteiger charge is 2.26. The van der Waals surface area contributed by atoms with Crippen molar-refractivity contribution in [2.75, 3.05) is 17.2 Å². The first-order valence-corrected chi connectivity index (χ1v) is 8.43. The summed E-state index contributed by atoms with van der Waals surface area (Å²) in [6.07, 6.45) is 3.04. The summed E-state index contributed by atoms with van der Waals surface area (Å²) < 4.78 is 5.40. The summed E-state index contributed by atoms with van der Waals surface area (Å²) in [7, 11) is 0. The van der Waals surface area contributed by atoms with E-state index in [0.717, 1.165) is 11.3 Å². The highest BCUT2D eigenvalue weighted by molar-refractivity contribution is 5.96. The van der Waals surface area contributed by atoms with Crippen LogP contribution in [0.2, 0.25) is 0 Å². The van der Waals surface area contributed by atoms with E-state index in [1.165, 1.54) is 0 Å². The molecular weight excluding hydrogens is 318 g/mol. The molecule has 1 aliphatic rings. The van der Waals surface area contributed by atoms with E-state index in [0.29, 0.717) is 31.0 Å². The van der Waals surface area contributed by atoms with E-state index in [4.69, 9.17) is 4.74 Å². The topological polar surface area (TPSA) is 80.3 Å². The average molecular weight is 339 g/mol. The fourth-order valence-electron chi connectivity index (χ4n) is 2.90. The number of carbonyl (C=O) groups excluding carboxylic acids is 2. The van der Waals surface area contributed by atoms with Crippen molar-refractivity contribution in [3.8, 4) is 5.88 Å². The summed E-state index contributed by atoms with van der Waals surface area (Å²) in [4.78, 5) is 28.5.